The molecule has 0 fully saturated rings. The maximum absolute atomic E-state index is 13.1. The second kappa shape index (κ2) is 27.2. The van der Waals surface area contributed by atoms with Crippen LogP contribution in [0, 0.1) is 0 Å². The number of hydrogen-bond acceptors (Lipinski definition) is 6. The van der Waals surface area contributed by atoms with Crippen LogP contribution >= 0.6 is 0 Å². The summed E-state index contributed by atoms with van der Waals surface area (Å²) in [7, 11) is 0. The zero-order valence-electron chi connectivity index (χ0n) is 28.8. The summed E-state index contributed by atoms with van der Waals surface area (Å²) in [4.78, 5) is 52.0. The van der Waals surface area contributed by atoms with Crippen molar-refractivity contribution in [1.82, 2.24) is 21.3 Å². The van der Waals surface area contributed by atoms with Gasteiger partial charge in [-0.15, -0.1) is 0 Å². The lowest BCUT2D eigenvalue weighted by atomic mass is 10.1. The summed E-state index contributed by atoms with van der Waals surface area (Å²) in [5.74, 6) is -1.14. The maximum atomic E-state index is 13.1. The molecular weight excluding hydrogens is 580 g/mol. The summed E-state index contributed by atoms with van der Waals surface area (Å²) >= 11 is 0. The van der Waals surface area contributed by atoms with Crippen molar-refractivity contribution >= 4 is 23.6 Å². The van der Waals surface area contributed by atoms with E-state index in [1.54, 1.807) is 24.3 Å². The molecule has 0 aliphatic heterocycles. The predicted octanol–water partition coefficient (Wildman–Crippen LogP) is 5.09. The Labute approximate surface area is 278 Å². The molecule has 46 heavy (non-hydrogen) atoms. The fourth-order valence-corrected chi connectivity index (χ4v) is 5.26. The Balaban J connectivity index is 2.72. The van der Waals surface area contributed by atoms with E-state index < -0.39 is 12.1 Å². The maximum Gasteiger partial charge on any atom is 0.251 e. The highest BCUT2D eigenvalue weighted by atomic mass is 16.2. The number of unbranched alkanes of at least 4 members (excludes halogenated alkanes) is 12. The topological polar surface area (TPSA) is 168 Å². The third-order valence-electron chi connectivity index (χ3n) is 8.21. The Morgan fingerprint density at radius 3 is 1.22 bits per heavy atom. The van der Waals surface area contributed by atoms with Gasteiger partial charge in [0.2, 0.25) is 11.8 Å². The van der Waals surface area contributed by atoms with Gasteiger partial charge in [-0.05, 0) is 88.7 Å². The number of nitrogens with one attached hydrogen (secondary N) is 4. The Morgan fingerprint density at radius 2 is 0.870 bits per heavy atom. The SMILES string of the molecule is CCCCCCCCNC(=O)[C@H](CCCCN)NC(=O)c1ccc(C(=O)N[C@@H](CCCCN)C(=O)NCCCCCCCC)cc1. The van der Waals surface area contributed by atoms with Crippen LogP contribution in [0.2, 0.25) is 0 Å². The van der Waals surface area contributed by atoms with E-state index in [1.807, 2.05) is 0 Å². The Bertz CT molecular complexity index is 895. The van der Waals surface area contributed by atoms with E-state index in [9.17, 15) is 19.2 Å². The number of benzene rings is 1. The quantitative estimate of drug-likeness (QED) is 0.0694. The molecule has 10 heteroatoms. The highest BCUT2D eigenvalue weighted by Crippen LogP contribution is 2.10. The van der Waals surface area contributed by atoms with Crippen LogP contribution in [-0.4, -0.2) is 61.9 Å². The van der Waals surface area contributed by atoms with Gasteiger partial charge in [0.05, 0.1) is 0 Å². The number of nitrogens with two attached hydrogens (primary N) is 2. The summed E-state index contributed by atoms with van der Waals surface area (Å²) in [5.41, 5.74) is 12.0. The summed E-state index contributed by atoms with van der Waals surface area (Å²) in [6.45, 7) is 6.60. The lowest BCUT2D eigenvalue weighted by Gasteiger charge is -2.19. The van der Waals surface area contributed by atoms with Gasteiger partial charge in [-0.2, -0.15) is 0 Å². The van der Waals surface area contributed by atoms with Crippen LogP contribution in [0.4, 0.5) is 0 Å². The molecule has 0 heterocycles. The molecule has 0 aromatic heterocycles. The second-order valence-electron chi connectivity index (χ2n) is 12.3. The molecule has 4 amide bonds. The molecule has 0 saturated carbocycles. The third kappa shape index (κ3) is 18.9. The van der Waals surface area contributed by atoms with Gasteiger partial charge in [-0.3, -0.25) is 19.2 Å². The van der Waals surface area contributed by atoms with Gasteiger partial charge in [0, 0.05) is 24.2 Å². The molecule has 0 bridgehead atoms. The summed E-state index contributed by atoms with van der Waals surface area (Å²) in [6.07, 6.45) is 17.6. The van der Waals surface area contributed by atoms with E-state index >= 15 is 0 Å². The van der Waals surface area contributed by atoms with Crippen molar-refractivity contribution in [2.75, 3.05) is 26.2 Å². The van der Waals surface area contributed by atoms with Crippen molar-refractivity contribution in [1.29, 1.82) is 0 Å². The molecular formula is C36H64N6O4. The molecule has 10 nitrogen and oxygen atoms in total. The van der Waals surface area contributed by atoms with E-state index in [1.165, 1.54) is 38.5 Å². The first-order chi connectivity index (χ1) is 22.4. The minimum absolute atomic E-state index is 0.189. The molecule has 0 radical (unpaired) electrons. The van der Waals surface area contributed by atoms with Gasteiger partial charge < -0.3 is 32.7 Å². The highest BCUT2D eigenvalue weighted by molar-refractivity contribution is 6.00. The van der Waals surface area contributed by atoms with Crippen molar-refractivity contribution in [3.8, 4) is 0 Å². The Hall–Kier alpha value is -2.98. The van der Waals surface area contributed by atoms with Gasteiger partial charge in [-0.25, -0.2) is 0 Å². The smallest absolute Gasteiger partial charge is 0.251 e. The van der Waals surface area contributed by atoms with Crippen LogP contribution < -0.4 is 32.7 Å². The molecule has 262 valence electrons. The third-order valence-corrected chi connectivity index (χ3v) is 8.21. The van der Waals surface area contributed by atoms with Crippen molar-refractivity contribution in [3.63, 3.8) is 0 Å². The minimum atomic E-state index is -0.661. The molecule has 1 aromatic carbocycles. The fraction of sp³-hybridized carbons (Fsp3) is 0.722. The molecule has 0 spiro atoms. The van der Waals surface area contributed by atoms with Crippen LogP contribution in [0.3, 0.4) is 0 Å². The first kappa shape index (κ1) is 41.0. The van der Waals surface area contributed by atoms with Crippen LogP contribution in [0.15, 0.2) is 24.3 Å². The zero-order valence-corrected chi connectivity index (χ0v) is 28.8. The summed E-state index contributed by atoms with van der Waals surface area (Å²) < 4.78 is 0. The molecule has 0 unspecified atom stereocenters. The number of carbonyl (C=O) groups excluding carboxylic acids is 4. The summed E-state index contributed by atoms with van der Waals surface area (Å²) in [6, 6.07) is 4.95. The molecule has 1 rings (SSSR count). The molecule has 2 atom stereocenters. The predicted molar refractivity (Wildman–Crippen MR) is 188 cm³/mol. The number of carbonyl (C=O) groups is 4. The fourth-order valence-electron chi connectivity index (χ4n) is 5.26. The average Bonchev–Trinajstić information content (AvgIpc) is 3.06. The average molecular weight is 645 g/mol. The van der Waals surface area contributed by atoms with Gasteiger partial charge in [0.1, 0.15) is 12.1 Å². The lowest BCUT2D eigenvalue weighted by molar-refractivity contribution is -0.123. The highest BCUT2D eigenvalue weighted by Gasteiger charge is 2.23. The van der Waals surface area contributed by atoms with Crippen molar-refractivity contribution < 1.29 is 19.2 Å². The van der Waals surface area contributed by atoms with E-state index in [0.29, 0.717) is 50.1 Å². The monoisotopic (exact) mass is 644 g/mol. The van der Waals surface area contributed by atoms with E-state index in [2.05, 4.69) is 35.1 Å². The molecule has 0 aliphatic rings. The van der Waals surface area contributed by atoms with Crippen LogP contribution in [0.25, 0.3) is 0 Å². The lowest BCUT2D eigenvalue weighted by Crippen LogP contribution is -2.47. The van der Waals surface area contributed by atoms with Crippen molar-refractivity contribution in [2.45, 2.75) is 142 Å². The largest absolute Gasteiger partial charge is 0.354 e. The summed E-state index contributed by atoms with van der Waals surface area (Å²) in [5, 5.41) is 11.7. The Morgan fingerprint density at radius 1 is 0.522 bits per heavy atom. The van der Waals surface area contributed by atoms with Crippen molar-refractivity contribution in [3.05, 3.63) is 35.4 Å². The first-order valence-electron chi connectivity index (χ1n) is 18.0. The molecule has 8 N–H and O–H groups in total. The minimum Gasteiger partial charge on any atom is -0.354 e. The van der Waals surface area contributed by atoms with Crippen molar-refractivity contribution in [2.24, 2.45) is 11.5 Å². The van der Waals surface area contributed by atoms with Crippen LogP contribution in [0.1, 0.15) is 150 Å². The van der Waals surface area contributed by atoms with E-state index in [-0.39, 0.29) is 23.6 Å². The number of rotatable bonds is 28. The van der Waals surface area contributed by atoms with Gasteiger partial charge >= 0.3 is 0 Å². The normalized spacial score (nSPS) is 12.3. The van der Waals surface area contributed by atoms with Gasteiger partial charge in [0.15, 0.2) is 0 Å². The standard InChI is InChI=1S/C36H64N6O4/c1-3-5-7-9-11-17-27-39-35(45)31(19-13-15-25-37)41-33(43)29-21-23-30(24-22-29)34(44)42-32(20-14-16-26-38)36(46)40-28-18-12-10-8-6-4-2/h21-24,31-32H,3-20,25-28,37-38H2,1-2H3,(H,39,45)(H,40,46)(H,41,43)(H,42,44)/t31-,32-/m0/s1. The zero-order chi connectivity index (χ0) is 33.8. The van der Waals surface area contributed by atoms with Gasteiger partial charge in [-0.1, -0.05) is 78.1 Å². The van der Waals surface area contributed by atoms with Crippen LogP contribution in [-0.2, 0) is 9.59 Å². The molecule has 0 saturated heterocycles. The van der Waals surface area contributed by atoms with E-state index in [4.69, 9.17) is 11.5 Å². The van der Waals surface area contributed by atoms with E-state index in [0.717, 1.165) is 64.2 Å². The Kier molecular flexibility index (Phi) is 24.2. The molecule has 0 aliphatic carbocycles. The number of amides is 4. The van der Waals surface area contributed by atoms with Crippen LogP contribution in [0.5, 0.6) is 0 Å². The van der Waals surface area contributed by atoms with Gasteiger partial charge in [0.25, 0.3) is 11.8 Å². The first-order valence-corrected chi connectivity index (χ1v) is 18.0. The molecule has 1 aromatic rings. The number of hydrogen-bond donors (Lipinski definition) is 6. The second-order valence-corrected chi connectivity index (χ2v) is 12.3.